The van der Waals surface area contributed by atoms with E-state index in [1.54, 1.807) is 6.20 Å². The number of carbonyl (C=O) groups is 1. The lowest BCUT2D eigenvalue weighted by atomic mass is 10.1. The summed E-state index contributed by atoms with van der Waals surface area (Å²) < 4.78 is 0. The van der Waals surface area contributed by atoms with Gasteiger partial charge in [0.15, 0.2) is 5.82 Å². The van der Waals surface area contributed by atoms with E-state index in [4.69, 9.17) is 12.2 Å². The molecule has 2 heterocycles. The van der Waals surface area contributed by atoms with Crippen molar-refractivity contribution in [2.24, 2.45) is 5.73 Å². The Hall–Kier alpha value is -2.94. The van der Waals surface area contributed by atoms with Crippen molar-refractivity contribution in [1.29, 1.82) is 0 Å². The Morgan fingerprint density at radius 2 is 2.26 bits per heavy atom. The third-order valence-electron chi connectivity index (χ3n) is 3.80. The molecule has 0 aromatic carbocycles. The second-order valence-electron chi connectivity index (χ2n) is 5.40. The van der Waals surface area contributed by atoms with Gasteiger partial charge in [-0.25, -0.2) is 9.97 Å². The Labute approximate surface area is 134 Å². The zero-order valence-corrected chi connectivity index (χ0v) is 12.6. The molecule has 2 aromatic heterocycles. The summed E-state index contributed by atoms with van der Waals surface area (Å²) in [4.78, 5) is 25.0. The number of primary amides is 1. The molecule has 23 heavy (non-hydrogen) atoms. The van der Waals surface area contributed by atoms with Crippen molar-refractivity contribution < 1.29 is 4.79 Å². The van der Waals surface area contributed by atoms with E-state index in [-0.39, 0.29) is 6.42 Å². The SMILES string of the molecule is C#CC[C@H](Nc1nc(-c2ccccn2)nc2c1CCC2)C(N)=O. The Morgan fingerprint density at radius 3 is 2.96 bits per heavy atom. The number of aryl methyl sites for hydroxylation is 1. The van der Waals surface area contributed by atoms with Crippen molar-refractivity contribution in [1.82, 2.24) is 15.0 Å². The highest BCUT2D eigenvalue weighted by Gasteiger charge is 2.23. The first-order valence-corrected chi connectivity index (χ1v) is 7.49. The normalized spacial score (nSPS) is 13.9. The minimum absolute atomic E-state index is 0.215. The minimum Gasteiger partial charge on any atom is -0.368 e. The van der Waals surface area contributed by atoms with E-state index in [0.29, 0.717) is 17.3 Å². The molecule has 0 radical (unpaired) electrons. The fraction of sp³-hybridized carbons (Fsp3) is 0.294. The zero-order valence-electron chi connectivity index (χ0n) is 12.6. The summed E-state index contributed by atoms with van der Waals surface area (Å²) in [7, 11) is 0. The highest BCUT2D eigenvalue weighted by Crippen LogP contribution is 2.29. The second-order valence-corrected chi connectivity index (χ2v) is 5.40. The van der Waals surface area contributed by atoms with E-state index in [2.05, 4.69) is 26.2 Å². The Bertz CT molecular complexity index is 767. The monoisotopic (exact) mass is 307 g/mol. The van der Waals surface area contributed by atoms with Gasteiger partial charge in [-0.3, -0.25) is 9.78 Å². The summed E-state index contributed by atoms with van der Waals surface area (Å²) in [6, 6.07) is 4.94. The highest BCUT2D eigenvalue weighted by molar-refractivity contribution is 5.83. The van der Waals surface area contributed by atoms with Gasteiger partial charge in [0.1, 0.15) is 17.6 Å². The molecule has 3 rings (SSSR count). The summed E-state index contributed by atoms with van der Waals surface area (Å²) in [5.41, 5.74) is 8.13. The molecule has 1 amide bonds. The molecule has 1 aliphatic rings. The minimum atomic E-state index is -0.642. The highest BCUT2D eigenvalue weighted by atomic mass is 16.1. The Balaban J connectivity index is 2.01. The average molecular weight is 307 g/mol. The van der Waals surface area contributed by atoms with E-state index < -0.39 is 11.9 Å². The first-order chi connectivity index (χ1) is 11.2. The first-order valence-electron chi connectivity index (χ1n) is 7.49. The molecule has 0 spiro atoms. The molecule has 0 aliphatic heterocycles. The molecule has 0 fully saturated rings. The van der Waals surface area contributed by atoms with Crippen LogP contribution >= 0.6 is 0 Å². The second kappa shape index (κ2) is 6.44. The number of nitrogens with two attached hydrogens (primary N) is 1. The number of carbonyl (C=O) groups excluding carboxylic acids is 1. The Kier molecular flexibility index (Phi) is 4.20. The van der Waals surface area contributed by atoms with Crippen LogP contribution in [0.3, 0.4) is 0 Å². The maximum atomic E-state index is 11.6. The van der Waals surface area contributed by atoms with Gasteiger partial charge < -0.3 is 11.1 Å². The quantitative estimate of drug-likeness (QED) is 0.812. The number of nitrogens with zero attached hydrogens (tertiary/aromatic N) is 3. The number of hydrogen-bond donors (Lipinski definition) is 2. The van der Waals surface area contributed by atoms with E-state index in [1.165, 1.54) is 0 Å². The van der Waals surface area contributed by atoms with Crippen molar-refractivity contribution in [3.8, 4) is 23.9 Å². The molecule has 0 unspecified atom stereocenters. The summed E-state index contributed by atoms with van der Waals surface area (Å²) in [5, 5.41) is 3.09. The molecule has 1 aliphatic carbocycles. The number of fused-ring (bicyclic) bond motifs is 1. The van der Waals surface area contributed by atoms with Gasteiger partial charge in [-0.1, -0.05) is 6.07 Å². The van der Waals surface area contributed by atoms with E-state index in [1.807, 2.05) is 18.2 Å². The molecular formula is C17H17N5O. The van der Waals surface area contributed by atoms with Gasteiger partial charge in [0, 0.05) is 23.9 Å². The van der Waals surface area contributed by atoms with Gasteiger partial charge in [0.2, 0.25) is 5.91 Å². The van der Waals surface area contributed by atoms with Gasteiger partial charge in [0.05, 0.1) is 0 Å². The van der Waals surface area contributed by atoms with Crippen molar-refractivity contribution in [2.75, 3.05) is 5.32 Å². The lowest BCUT2D eigenvalue weighted by molar-refractivity contribution is -0.118. The molecule has 0 bridgehead atoms. The molecule has 0 saturated carbocycles. The summed E-state index contributed by atoms with van der Waals surface area (Å²) in [6.07, 6.45) is 10.0. The van der Waals surface area contributed by atoms with Gasteiger partial charge in [-0.15, -0.1) is 12.3 Å². The van der Waals surface area contributed by atoms with Crippen LogP contribution in [-0.4, -0.2) is 26.9 Å². The topological polar surface area (TPSA) is 93.8 Å². The summed E-state index contributed by atoms with van der Waals surface area (Å²) in [6.45, 7) is 0. The third kappa shape index (κ3) is 3.14. The fourth-order valence-electron chi connectivity index (χ4n) is 2.67. The van der Waals surface area contributed by atoms with Gasteiger partial charge in [-0.05, 0) is 31.4 Å². The van der Waals surface area contributed by atoms with Crippen LogP contribution in [-0.2, 0) is 17.6 Å². The standard InChI is InChI=1S/C17H17N5O/c1-2-6-13(15(18)23)21-16-11-7-5-9-12(11)20-17(22-16)14-8-3-4-10-19-14/h1,3-4,8,10,13H,5-7,9H2,(H2,18,23)(H,20,21,22)/t13-/m0/s1. The van der Waals surface area contributed by atoms with Crippen LogP contribution in [0.1, 0.15) is 24.1 Å². The molecule has 3 N–H and O–H groups in total. The number of amides is 1. The largest absolute Gasteiger partial charge is 0.368 e. The molecule has 0 saturated heterocycles. The van der Waals surface area contributed by atoms with Gasteiger partial charge in [0.25, 0.3) is 0 Å². The van der Waals surface area contributed by atoms with Gasteiger partial charge in [-0.2, -0.15) is 0 Å². The van der Waals surface area contributed by atoms with Crippen LogP contribution in [0, 0.1) is 12.3 Å². The molecule has 6 heteroatoms. The maximum absolute atomic E-state index is 11.6. The first kappa shape index (κ1) is 15.0. The molecule has 6 nitrogen and oxygen atoms in total. The van der Waals surface area contributed by atoms with Crippen LogP contribution in [0.2, 0.25) is 0 Å². The number of nitrogens with one attached hydrogen (secondary N) is 1. The smallest absolute Gasteiger partial charge is 0.240 e. The predicted octanol–water partition coefficient (Wildman–Crippen LogP) is 1.32. The van der Waals surface area contributed by atoms with Crippen molar-refractivity contribution in [3.05, 3.63) is 35.7 Å². The van der Waals surface area contributed by atoms with Crippen LogP contribution in [0.25, 0.3) is 11.5 Å². The molecule has 2 aromatic rings. The van der Waals surface area contributed by atoms with Crippen molar-refractivity contribution in [2.45, 2.75) is 31.7 Å². The number of hydrogen-bond acceptors (Lipinski definition) is 5. The van der Waals surface area contributed by atoms with E-state index >= 15 is 0 Å². The lowest BCUT2D eigenvalue weighted by Gasteiger charge is -2.17. The van der Waals surface area contributed by atoms with E-state index in [9.17, 15) is 4.79 Å². The summed E-state index contributed by atoms with van der Waals surface area (Å²) in [5.74, 6) is 3.14. The molecule has 1 atom stereocenters. The summed E-state index contributed by atoms with van der Waals surface area (Å²) >= 11 is 0. The fourth-order valence-corrected chi connectivity index (χ4v) is 2.67. The van der Waals surface area contributed by atoms with E-state index in [0.717, 1.165) is 30.5 Å². The van der Waals surface area contributed by atoms with Crippen LogP contribution in [0.15, 0.2) is 24.4 Å². The number of anilines is 1. The van der Waals surface area contributed by atoms with Crippen LogP contribution < -0.4 is 11.1 Å². The van der Waals surface area contributed by atoms with Crippen LogP contribution in [0.4, 0.5) is 5.82 Å². The zero-order chi connectivity index (χ0) is 16.2. The van der Waals surface area contributed by atoms with Gasteiger partial charge >= 0.3 is 0 Å². The van der Waals surface area contributed by atoms with Crippen molar-refractivity contribution >= 4 is 11.7 Å². The molecule has 116 valence electrons. The Morgan fingerprint density at radius 1 is 1.39 bits per heavy atom. The number of terminal acetylenes is 1. The van der Waals surface area contributed by atoms with Crippen LogP contribution in [0.5, 0.6) is 0 Å². The maximum Gasteiger partial charge on any atom is 0.240 e. The predicted molar refractivity (Wildman–Crippen MR) is 87.3 cm³/mol. The average Bonchev–Trinajstić information content (AvgIpc) is 3.03. The molecular weight excluding hydrogens is 290 g/mol. The third-order valence-corrected chi connectivity index (χ3v) is 3.80. The lowest BCUT2D eigenvalue weighted by Crippen LogP contribution is -2.35. The number of aromatic nitrogens is 3. The number of pyridine rings is 1. The van der Waals surface area contributed by atoms with Crippen molar-refractivity contribution in [3.63, 3.8) is 0 Å². The number of rotatable bonds is 5.